The fraction of sp³-hybridized carbons (Fsp3) is 0.407. The number of methoxy groups -OCH3 is 1. The van der Waals surface area contributed by atoms with Crippen LogP contribution in [0.3, 0.4) is 0 Å². The Hall–Kier alpha value is -2.19. The van der Waals surface area contributed by atoms with E-state index >= 15 is 4.39 Å². The Morgan fingerprint density at radius 1 is 0.966 bits per heavy atom. The monoisotopic (exact) mass is 390 g/mol. The maximum atomic E-state index is 16.2. The Morgan fingerprint density at radius 2 is 1.66 bits per heavy atom. The molecule has 2 aromatic carbocycles. The maximum absolute atomic E-state index is 16.2. The van der Waals surface area contributed by atoms with Gasteiger partial charge in [0.1, 0.15) is 0 Å². The molecule has 0 amide bonds. The number of halogens is 1. The van der Waals surface area contributed by atoms with Gasteiger partial charge in [-0.2, -0.15) is 0 Å². The van der Waals surface area contributed by atoms with Crippen molar-refractivity contribution in [1.29, 1.82) is 0 Å². The molecule has 0 N–H and O–H groups in total. The number of aryl methyl sites for hydroxylation is 1. The van der Waals surface area contributed by atoms with E-state index in [1.54, 1.807) is 7.11 Å². The highest BCUT2D eigenvalue weighted by Gasteiger charge is 2.37. The van der Waals surface area contributed by atoms with Crippen LogP contribution in [-0.4, -0.2) is 13.7 Å². The van der Waals surface area contributed by atoms with Crippen LogP contribution in [0.5, 0.6) is 0 Å². The maximum Gasteiger partial charge on any atom is 0.165 e. The molecule has 0 bridgehead atoms. The van der Waals surface area contributed by atoms with Crippen LogP contribution in [0.2, 0.25) is 0 Å². The third kappa shape index (κ3) is 4.23. The molecule has 4 rings (SSSR count). The summed E-state index contributed by atoms with van der Waals surface area (Å²) in [5, 5.41) is 0. The van der Waals surface area contributed by atoms with Crippen molar-refractivity contribution in [3.05, 3.63) is 89.0 Å². The first kappa shape index (κ1) is 20.1. The molecule has 2 aliphatic carbocycles. The van der Waals surface area contributed by atoms with E-state index < -0.39 is 5.67 Å². The smallest absolute Gasteiger partial charge is 0.165 e. The topological polar surface area (TPSA) is 9.23 Å². The molecular formula is C27H31FO. The second-order valence-electron chi connectivity index (χ2n) is 8.67. The first-order chi connectivity index (χ1) is 14.1. The quantitative estimate of drug-likeness (QED) is 0.528. The van der Waals surface area contributed by atoms with Gasteiger partial charge in [-0.15, -0.1) is 0 Å². The van der Waals surface area contributed by atoms with Crippen LogP contribution in [0.15, 0.2) is 66.8 Å². The SMILES string of the molecule is COCC1CCC(c2ccc(C3=CC=CCC3(F)c3ccc(C)cc3)cc2)CC1. The summed E-state index contributed by atoms with van der Waals surface area (Å²) in [6.07, 6.45) is 11.1. The molecule has 29 heavy (non-hydrogen) atoms. The van der Waals surface area contributed by atoms with Crippen LogP contribution >= 0.6 is 0 Å². The van der Waals surface area contributed by atoms with Crippen molar-refractivity contribution >= 4 is 5.57 Å². The molecule has 0 spiro atoms. The van der Waals surface area contributed by atoms with Crippen molar-refractivity contribution in [1.82, 2.24) is 0 Å². The number of benzene rings is 2. The summed E-state index contributed by atoms with van der Waals surface area (Å²) >= 11 is 0. The third-order valence-corrected chi connectivity index (χ3v) is 6.68. The molecule has 1 saturated carbocycles. The van der Waals surface area contributed by atoms with Crippen LogP contribution in [-0.2, 0) is 10.4 Å². The normalized spacial score (nSPS) is 26.9. The van der Waals surface area contributed by atoms with Gasteiger partial charge >= 0.3 is 0 Å². The van der Waals surface area contributed by atoms with Gasteiger partial charge in [0.25, 0.3) is 0 Å². The summed E-state index contributed by atoms with van der Waals surface area (Å²) in [4.78, 5) is 0. The number of hydrogen-bond acceptors (Lipinski definition) is 1. The second-order valence-corrected chi connectivity index (χ2v) is 8.67. The molecule has 1 fully saturated rings. The highest BCUT2D eigenvalue weighted by atomic mass is 19.1. The Morgan fingerprint density at radius 3 is 2.31 bits per heavy atom. The lowest BCUT2D eigenvalue weighted by Crippen LogP contribution is -2.23. The Bertz CT molecular complexity index is 870. The lowest BCUT2D eigenvalue weighted by atomic mass is 9.77. The van der Waals surface area contributed by atoms with E-state index in [4.69, 9.17) is 4.74 Å². The minimum Gasteiger partial charge on any atom is -0.384 e. The number of ether oxygens (including phenoxy) is 1. The Kier molecular flexibility index (Phi) is 6.01. The largest absolute Gasteiger partial charge is 0.384 e. The molecule has 0 saturated heterocycles. The number of allylic oxidation sites excluding steroid dienone is 4. The van der Waals surface area contributed by atoms with Gasteiger partial charge in [-0.1, -0.05) is 72.3 Å². The van der Waals surface area contributed by atoms with E-state index in [0.29, 0.717) is 18.3 Å². The molecule has 0 aromatic heterocycles. The van der Waals surface area contributed by atoms with Crippen molar-refractivity contribution < 1.29 is 9.13 Å². The average molecular weight is 391 g/mol. The molecule has 0 aliphatic heterocycles. The summed E-state index contributed by atoms with van der Waals surface area (Å²) in [5.41, 5.74) is 3.55. The van der Waals surface area contributed by atoms with Crippen molar-refractivity contribution in [3.8, 4) is 0 Å². The zero-order valence-corrected chi connectivity index (χ0v) is 17.5. The first-order valence-electron chi connectivity index (χ1n) is 10.8. The number of alkyl halides is 1. The van der Waals surface area contributed by atoms with E-state index in [1.165, 1.54) is 31.2 Å². The summed E-state index contributed by atoms with van der Waals surface area (Å²) in [7, 11) is 1.79. The summed E-state index contributed by atoms with van der Waals surface area (Å²) in [6, 6.07) is 16.5. The van der Waals surface area contributed by atoms with Crippen LogP contribution < -0.4 is 0 Å². The van der Waals surface area contributed by atoms with E-state index in [-0.39, 0.29) is 0 Å². The van der Waals surface area contributed by atoms with Gasteiger partial charge < -0.3 is 4.74 Å². The highest BCUT2D eigenvalue weighted by molar-refractivity contribution is 5.76. The van der Waals surface area contributed by atoms with Gasteiger partial charge in [-0.3, -0.25) is 0 Å². The Balaban J connectivity index is 1.54. The van der Waals surface area contributed by atoms with Crippen molar-refractivity contribution in [3.63, 3.8) is 0 Å². The molecule has 2 heteroatoms. The zero-order chi connectivity index (χ0) is 20.3. The van der Waals surface area contributed by atoms with E-state index in [9.17, 15) is 0 Å². The predicted octanol–water partition coefficient (Wildman–Crippen LogP) is 7.12. The predicted molar refractivity (Wildman–Crippen MR) is 119 cm³/mol. The number of rotatable bonds is 5. The molecule has 1 nitrogen and oxygen atoms in total. The third-order valence-electron chi connectivity index (χ3n) is 6.68. The minimum absolute atomic E-state index is 0.382. The van der Waals surface area contributed by atoms with Gasteiger partial charge in [0.15, 0.2) is 5.67 Å². The average Bonchev–Trinajstić information content (AvgIpc) is 2.75. The molecule has 152 valence electrons. The second kappa shape index (κ2) is 8.67. The highest BCUT2D eigenvalue weighted by Crippen LogP contribution is 2.45. The van der Waals surface area contributed by atoms with Crippen molar-refractivity contribution in [2.45, 2.75) is 50.6 Å². The van der Waals surface area contributed by atoms with E-state index in [2.05, 4.69) is 24.3 Å². The Labute approximate surface area is 174 Å². The van der Waals surface area contributed by atoms with Gasteiger partial charge in [0.05, 0.1) is 0 Å². The van der Waals surface area contributed by atoms with Crippen molar-refractivity contribution in [2.24, 2.45) is 5.92 Å². The van der Waals surface area contributed by atoms with Crippen molar-refractivity contribution in [2.75, 3.05) is 13.7 Å². The minimum atomic E-state index is -1.47. The molecule has 2 aliphatic rings. The molecule has 0 radical (unpaired) electrons. The molecule has 0 heterocycles. The fourth-order valence-corrected chi connectivity index (χ4v) is 4.89. The van der Waals surface area contributed by atoms with Crippen LogP contribution in [0, 0.1) is 12.8 Å². The summed E-state index contributed by atoms with van der Waals surface area (Å²) < 4.78 is 21.5. The van der Waals surface area contributed by atoms with E-state index in [0.717, 1.165) is 28.9 Å². The zero-order valence-electron chi connectivity index (χ0n) is 17.5. The van der Waals surface area contributed by atoms with Crippen LogP contribution in [0.25, 0.3) is 5.57 Å². The molecule has 1 atom stereocenters. The van der Waals surface area contributed by atoms with Gasteiger partial charge in [0.2, 0.25) is 0 Å². The standard InChI is InChI=1S/C27H31FO/c1-20-6-16-25(17-7-20)27(28)18-4-3-5-26(27)24-14-12-23(13-15-24)22-10-8-21(9-11-22)19-29-2/h3-7,12-17,21-22H,8-11,18-19H2,1-2H3. The van der Waals surface area contributed by atoms with Gasteiger partial charge in [-0.05, 0) is 61.1 Å². The molecule has 1 unspecified atom stereocenters. The first-order valence-corrected chi connectivity index (χ1v) is 10.8. The lowest BCUT2D eigenvalue weighted by molar-refractivity contribution is 0.127. The summed E-state index contributed by atoms with van der Waals surface area (Å²) in [6.45, 7) is 2.92. The molecular weight excluding hydrogens is 359 g/mol. The summed E-state index contributed by atoms with van der Waals surface area (Å²) in [5.74, 6) is 1.32. The molecule has 2 aromatic rings. The lowest BCUT2D eigenvalue weighted by Gasteiger charge is -2.31. The van der Waals surface area contributed by atoms with Gasteiger partial charge in [0, 0.05) is 25.7 Å². The van der Waals surface area contributed by atoms with Crippen LogP contribution in [0.1, 0.15) is 60.3 Å². The van der Waals surface area contributed by atoms with E-state index in [1.807, 2.05) is 49.4 Å². The van der Waals surface area contributed by atoms with Gasteiger partial charge in [-0.25, -0.2) is 4.39 Å². The number of hydrogen-bond donors (Lipinski definition) is 0. The fourth-order valence-electron chi connectivity index (χ4n) is 4.89. The van der Waals surface area contributed by atoms with Crippen LogP contribution in [0.4, 0.5) is 4.39 Å².